The van der Waals surface area contributed by atoms with Crippen LogP contribution in [-0.2, 0) is 15.8 Å². The van der Waals surface area contributed by atoms with Crippen LogP contribution in [0.15, 0.2) is 101 Å². The second-order valence-electron chi connectivity index (χ2n) is 8.30. The SMILES string of the molecule is Cc1ccc(SCc2ccc(C(=O)Nc3ccc(S(=O)(=O)Nc4cccc(Cl)c4C)cc3)cc2)cc1. The smallest absolute Gasteiger partial charge is 0.261 e. The molecule has 0 aliphatic carbocycles. The Labute approximate surface area is 221 Å². The molecular weight excluding hydrogens is 512 g/mol. The van der Waals surface area contributed by atoms with E-state index in [4.69, 9.17) is 11.6 Å². The van der Waals surface area contributed by atoms with Gasteiger partial charge in [-0.25, -0.2) is 8.42 Å². The standard InChI is InChI=1S/C28H25ClN2O3S2/c1-19-6-14-24(15-7-19)35-18-21-8-10-22(11-9-21)28(32)30-23-12-16-25(17-13-23)36(33,34)31-27-5-3-4-26(29)20(27)2/h3-17,31H,18H2,1-2H3,(H,30,32). The molecule has 2 N–H and O–H groups in total. The van der Waals surface area contributed by atoms with Gasteiger partial charge in [0.15, 0.2) is 0 Å². The Bertz CT molecular complexity index is 1470. The van der Waals surface area contributed by atoms with Crippen LogP contribution in [0.25, 0.3) is 0 Å². The van der Waals surface area contributed by atoms with Crippen molar-refractivity contribution in [3.05, 3.63) is 118 Å². The van der Waals surface area contributed by atoms with Crippen LogP contribution < -0.4 is 10.0 Å². The number of sulfonamides is 1. The molecule has 4 aromatic rings. The first-order chi connectivity index (χ1) is 17.2. The molecular formula is C28H25ClN2O3S2. The summed E-state index contributed by atoms with van der Waals surface area (Å²) < 4.78 is 28.1. The van der Waals surface area contributed by atoms with Crippen LogP contribution in [0.4, 0.5) is 11.4 Å². The molecule has 0 aromatic heterocycles. The maximum absolute atomic E-state index is 12.8. The summed E-state index contributed by atoms with van der Waals surface area (Å²) in [5.41, 5.74) is 4.43. The molecule has 0 radical (unpaired) electrons. The van der Waals surface area contributed by atoms with Crippen LogP contribution in [0.1, 0.15) is 27.0 Å². The van der Waals surface area contributed by atoms with E-state index in [1.807, 2.05) is 12.1 Å². The van der Waals surface area contributed by atoms with Crippen LogP contribution in [0.2, 0.25) is 5.02 Å². The lowest BCUT2D eigenvalue weighted by atomic mass is 10.1. The molecule has 0 unspecified atom stereocenters. The zero-order chi connectivity index (χ0) is 25.7. The Balaban J connectivity index is 1.36. The average molecular weight is 537 g/mol. The molecule has 0 aliphatic heterocycles. The molecule has 0 atom stereocenters. The number of hydrogen-bond donors (Lipinski definition) is 2. The van der Waals surface area contributed by atoms with E-state index in [0.717, 1.165) is 11.3 Å². The van der Waals surface area contributed by atoms with E-state index < -0.39 is 10.0 Å². The number of benzene rings is 4. The largest absolute Gasteiger partial charge is 0.322 e. The molecule has 1 amide bonds. The van der Waals surface area contributed by atoms with Gasteiger partial charge in [-0.2, -0.15) is 0 Å². The molecule has 0 saturated carbocycles. The van der Waals surface area contributed by atoms with Crippen molar-refractivity contribution in [3.8, 4) is 0 Å². The number of nitrogens with one attached hydrogen (secondary N) is 2. The minimum atomic E-state index is -3.81. The molecule has 0 fully saturated rings. The predicted octanol–water partition coefficient (Wildman–Crippen LogP) is 7.30. The fourth-order valence-corrected chi connectivity index (χ4v) is 5.55. The third kappa shape index (κ3) is 6.49. The van der Waals surface area contributed by atoms with Crippen molar-refractivity contribution in [2.24, 2.45) is 0 Å². The average Bonchev–Trinajstić information content (AvgIpc) is 2.87. The number of carbonyl (C=O) groups is 1. The topological polar surface area (TPSA) is 75.3 Å². The minimum absolute atomic E-state index is 0.0790. The van der Waals surface area contributed by atoms with Crippen LogP contribution in [0, 0.1) is 13.8 Å². The minimum Gasteiger partial charge on any atom is -0.322 e. The van der Waals surface area contributed by atoms with Gasteiger partial charge < -0.3 is 5.32 Å². The number of aryl methyl sites for hydroxylation is 1. The van der Waals surface area contributed by atoms with Crippen molar-refractivity contribution in [2.75, 3.05) is 10.0 Å². The Kier molecular flexibility index (Phi) is 8.04. The molecule has 0 heterocycles. The summed E-state index contributed by atoms with van der Waals surface area (Å²) in [6.07, 6.45) is 0. The molecule has 4 rings (SSSR count). The highest BCUT2D eigenvalue weighted by Gasteiger charge is 2.16. The monoisotopic (exact) mass is 536 g/mol. The zero-order valence-electron chi connectivity index (χ0n) is 19.8. The van der Waals surface area contributed by atoms with E-state index in [1.54, 1.807) is 61.2 Å². The van der Waals surface area contributed by atoms with Crippen molar-refractivity contribution in [2.45, 2.75) is 29.4 Å². The van der Waals surface area contributed by atoms with Crippen molar-refractivity contribution in [3.63, 3.8) is 0 Å². The lowest BCUT2D eigenvalue weighted by Gasteiger charge is -2.12. The number of carbonyl (C=O) groups excluding carboxylic acids is 1. The third-order valence-corrected chi connectivity index (χ3v) is 8.45. The van der Waals surface area contributed by atoms with E-state index in [2.05, 4.69) is 41.2 Å². The molecule has 36 heavy (non-hydrogen) atoms. The van der Waals surface area contributed by atoms with Gasteiger partial charge in [0.05, 0.1) is 10.6 Å². The summed E-state index contributed by atoms with van der Waals surface area (Å²) in [5.74, 6) is 0.542. The first-order valence-electron chi connectivity index (χ1n) is 11.2. The maximum atomic E-state index is 12.8. The van der Waals surface area contributed by atoms with E-state index in [9.17, 15) is 13.2 Å². The van der Waals surface area contributed by atoms with E-state index in [0.29, 0.717) is 27.5 Å². The Morgan fingerprint density at radius 2 is 1.53 bits per heavy atom. The van der Waals surface area contributed by atoms with Gasteiger partial charge in [0, 0.05) is 26.9 Å². The molecule has 0 saturated heterocycles. The second-order valence-corrected chi connectivity index (χ2v) is 11.4. The lowest BCUT2D eigenvalue weighted by molar-refractivity contribution is 0.102. The van der Waals surface area contributed by atoms with E-state index in [-0.39, 0.29) is 10.8 Å². The Morgan fingerprint density at radius 1 is 0.861 bits per heavy atom. The van der Waals surface area contributed by atoms with Gasteiger partial charge in [-0.1, -0.05) is 47.5 Å². The van der Waals surface area contributed by atoms with E-state index in [1.165, 1.54) is 22.6 Å². The summed E-state index contributed by atoms with van der Waals surface area (Å²) in [6.45, 7) is 3.81. The van der Waals surface area contributed by atoms with Gasteiger partial charge in [-0.05, 0) is 85.6 Å². The molecule has 8 heteroatoms. The van der Waals surface area contributed by atoms with E-state index >= 15 is 0 Å². The lowest BCUT2D eigenvalue weighted by Crippen LogP contribution is -2.15. The fraction of sp³-hybridized carbons (Fsp3) is 0.107. The molecule has 184 valence electrons. The van der Waals surface area contributed by atoms with Crippen LogP contribution in [0.3, 0.4) is 0 Å². The quantitative estimate of drug-likeness (QED) is 0.232. The Morgan fingerprint density at radius 3 is 2.19 bits per heavy atom. The summed E-state index contributed by atoms with van der Waals surface area (Å²) in [5, 5.41) is 3.29. The van der Waals surface area contributed by atoms with Gasteiger partial charge in [-0.15, -0.1) is 11.8 Å². The van der Waals surface area contributed by atoms with Crippen molar-refractivity contribution in [1.82, 2.24) is 0 Å². The Hall–Kier alpha value is -3.26. The number of rotatable bonds is 8. The first kappa shape index (κ1) is 25.8. The summed E-state index contributed by atoms with van der Waals surface area (Å²) >= 11 is 7.83. The van der Waals surface area contributed by atoms with Crippen LogP contribution >= 0.6 is 23.4 Å². The highest BCUT2D eigenvalue weighted by atomic mass is 35.5. The summed E-state index contributed by atoms with van der Waals surface area (Å²) in [6, 6.07) is 26.9. The zero-order valence-corrected chi connectivity index (χ0v) is 22.2. The van der Waals surface area contributed by atoms with Gasteiger partial charge in [0.25, 0.3) is 15.9 Å². The predicted molar refractivity (Wildman–Crippen MR) is 149 cm³/mol. The van der Waals surface area contributed by atoms with Crippen molar-refractivity contribution in [1.29, 1.82) is 0 Å². The number of anilines is 2. The van der Waals surface area contributed by atoms with Crippen LogP contribution in [0.5, 0.6) is 0 Å². The van der Waals surface area contributed by atoms with Crippen LogP contribution in [-0.4, -0.2) is 14.3 Å². The number of thioether (sulfide) groups is 1. The van der Waals surface area contributed by atoms with Gasteiger partial charge >= 0.3 is 0 Å². The summed E-state index contributed by atoms with van der Waals surface area (Å²) in [4.78, 5) is 13.9. The van der Waals surface area contributed by atoms with Gasteiger partial charge in [0.2, 0.25) is 0 Å². The van der Waals surface area contributed by atoms with Gasteiger partial charge in [0.1, 0.15) is 0 Å². The van der Waals surface area contributed by atoms with Gasteiger partial charge in [-0.3, -0.25) is 9.52 Å². The molecule has 0 aliphatic rings. The second kappa shape index (κ2) is 11.2. The number of hydrogen-bond acceptors (Lipinski definition) is 4. The fourth-order valence-electron chi connectivity index (χ4n) is 3.40. The highest BCUT2D eigenvalue weighted by Crippen LogP contribution is 2.26. The molecule has 4 aromatic carbocycles. The van der Waals surface area contributed by atoms with Crippen molar-refractivity contribution >= 4 is 50.7 Å². The maximum Gasteiger partial charge on any atom is 0.261 e. The third-order valence-electron chi connectivity index (χ3n) is 5.58. The number of amides is 1. The summed E-state index contributed by atoms with van der Waals surface area (Å²) in [7, 11) is -3.81. The molecule has 0 spiro atoms. The first-order valence-corrected chi connectivity index (χ1v) is 14.0. The van der Waals surface area contributed by atoms with Crippen molar-refractivity contribution < 1.29 is 13.2 Å². The highest BCUT2D eigenvalue weighted by molar-refractivity contribution is 7.98. The number of halogens is 1. The molecule has 5 nitrogen and oxygen atoms in total. The normalized spacial score (nSPS) is 11.2. The molecule has 0 bridgehead atoms.